The van der Waals surface area contributed by atoms with Crippen LogP contribution in [0.2, 0.25) is 0 Å². The number of carbonyl (C=O) groups excluding carboxylic acids is 1. The first-order valence-electron chi connectivity index (χ1n) is 5.31. The molecular formula is C11H11BrN2O4. The molecule has 18 heavy (non-hydrogen) atoms. The quantitative estimate of drug-likeness (QED) is 0.872. The molecule has 1 amide bonds. The van der Waals surface area contributed by atoms with Crippen LogP contribution in [0.3, 0.4) is 0 Å². The summed E-state index contributed by atoms with van der Waals surface area (Å²) in [7, 11) is 0. The zero-order valence-electron chi connectivity index (χ0n) is 9.38. The first kappa shape index (κ1) is 13.0. The van der Waals surface area contributed by atoms with Gasteiger partial charge in [0.2, 0.25) is 0 Å². The van der Waals surface area contributed by atoms with Gasteiger partial charge in [0.15, 0.2) is 6.04 Å². The lowest BCUT2D eigenvalue weighted by Crippen LogP contribution is -2.52. The summed E-state index contributed by atoms with van der Waals surface area (Å²) in [4.78, 5) is 28.5. The van der Waals surface area contributed by atoms with Gasteiger partial charge < -0.3 is 14.7 Å². The van der Waals surface area contributed by atoms with Crippen molar-refractivity contribution >= 4 is 27.8 Å². The van der Waals surface area contributed by atoms with Gasteiger partial charge in [0.05, 0.1) is 18.8 Å². The van der Waals surface area contributed by atoms with Crippen LogP contribution in [0.1, 0.15) is 10.4 Å². The Labute approximate surface area is 112 Å². The highest BCUT2D eigenvalue weighted by Gasteiger charge is 2.33. The van der Waals surface area contributed by atoms with E-state index in [0.29, 0.717) is 16.6 Å². The number of halogens is 1. The molecule has 0 spiro atoms. The molecule has 1 N–H and O–H groups in total. The van der Waals surface area contributed by atoms with E-state index in [1.54, 1.807) is 12.3 Å². The molecular weight excluding hydrogens is 304 g/mol. The van der Waals surface area contributed by atoms with Crippen molar-refractivity contribution in [1.29, 1.82) is 0 Å². The highest BCUT2D eigenvalue weighted by atomic mass is 79.9. The molecule has 1 aromatic rings. The Morgan fingerprint density at radius 1 is 1.50 bits per heavy atom. The van der Waals surface area contributed by atoms with Crippen molar-refractivity contribution in [3.8, 4) is 0 Å². The van der Waals surface area contributed by atoms with Gasteiger partial charge in [-0.05, 0) is 22.0 Å². The Bertz CT molecular complexity index is 480. The van der Waals surface area contributed by atoms with Crippen molar-refractivity contribution in [2.45, 2.75) is 6.04 Å². The standard InChI is InChI=1S/C11H11BrN2O4/c12-8-3-7(4-13-5-8)10(15)14-1-2-18-6-9(14)11(16)17/h3-5,9H,1-2,6H2,(H,16,17)/t9-/m1/s1. The van der Waals surface area contributed by atoms with E-state index >= 15 is 0 Å². The second kappa shape index (κ2) is 5.45. The monoisotopic (exact) mass is 314 g/mol. The zero-order chi connectivity index (χ0) is 13.1. The Morgan fingerprint density at radius 2 is 2.28 bits per heavy atom. The summed E-state index contributed by atoms with van der Waals surface area (Å²) in [5, 5.41) is 9.06. The van der Waals surface area contributed by atoms with Gasteiger partial charge in [0.1, 0.15) is 0 Å². The molecule has 1 aliphatic heterocycles. The molecule has 1 fully saturated rings. The first-order chi connectivity index (χ1) is 8.59. The van der Waals surface area contributed by atoms with E-state index in [9.17, 15) is 9.59 Å². The Hall–Kier alpha value is -1.47. The number of pyridine rings is 1. The zero-order valence-corrected chi connectivity index (χ0v) is 11.0. The molecule has 0 bridgehead atoms. The fourth-order valence-corrected chi connectivity index (χ4v) is 2.11. The molecule has 0 unspecified atom stereocenters. The van der Waals surface area contributed by atoms with Crippen molar-refractivity contribution in [3.63, 3.8) is 0 Å². The number of aliphatic carboxylic acids is 1. The topological polar surface area (TPSA) is 79.7 Å². The molecule has 0 radical (unpaired) electrons. The van der Waals surface area contributed by atoms with Crippen LogP contribution in [0.15, 0.2) is 22.9 Å². The third kappa shape index (κ3) is 2.68. The third-order valence-corrected chi connectivity index (χ3v) is 3.06. The van der Waals surface area contributed by atoms with Crippen molar-refractivity contribution in [2.75, 3.05) is 19.8 Å². The maximum atomic E-state index is 12.2. The number of carboxylic acid groups (broad SMARTS) is 1. The number of rotatable bonds is 2. The fourth-order valence-electron chi connectivity index (χ4n) is 1.75. The average molecular weight is 315 g/mol. The molecule has 1 aliphatic rings. The number of nitrogens with zero attached hydrogens (tertiary/aromatic N) is 2. The maximum absolute atomic E-state index is 12.2. The summed E-state index contributed by atoms with van der Waals surface area (Å²) in [6.45, 7) is 0.627. The van der Waals surface area contributed by atoms with Gasteiger partial charge in [-0.3, -0.25) is 9.78 Å². The lowest BCUT2D eigenvalue weighted by Gasteiger charge is -2.32. The van der Waals surface area contributed by atoms with E-state index < -0.39 is 12.0 Å². The minimum atomic E-state index is -1.06. The van der Waals surface area contributed by atoms with Crippen LogP contribution >= 0.6 is 15.9 Å². The largest absolute Gasteiger partial charge is 0.480 e. The lowest BCUT2D eigenvalue weighted by atomic mass is 10.1. The number of carboxylic acids is 1. The van der Waals surface area contributed by atoms with E-state index in [0.717, 1.165) is 0 Å². The molecule has 0 saturated carbocycles. The molecule has 1 aromatic heterocycles. The number of ether oxygens (including phenoxy) is 1. The normalized spacial score (nSPS) is 19.6. The number of carbonyl (C=O) groups is 2. The van der Waals surface area contributed by atoms with Gasteiger partial charge in [0.25, 0.3) is 5.91 Å². The van der Waals surface area contributed by atoms with Gasteiger partial charge >= 0.3 is 5.97 Å². The molecule has 0 aliphatic carbocycles. The summed E-state index contributed by atoms with van der Waals surface area (Å²) in [6.07, 6.45) is 2.98. The van der Waals surface area contributed by atoms with Crippen molar-refractivity contribution in [2.24, 2.45) is 0 Å². The van der Waals surface area contributed by atoms with Crippen molar-refractivity contribution < 1.29 is 19.4 Å². The lowest BCUT2D eigenvalue weighted by molar-refractivity contribution is -0.147. The Morgan fingerprint density at radius 3 is 2.94 bits per heavy atom. The summed E-state index contributed by atoms with van der Waals surface area (Å²) >= 11 is 3.22. The predicted octanol–water partition coefficient (Wildman–Crippen LogP) is 0.770. The molecule has 1 saturated heterocycles. The molecule has 1 atom stereocenters. The summed E-state index contributed by atoms with van der Waals surface area (Å²) < 4.78 is 5.76. The van der Waals surface area contributed by atoms with Crippen molar-refractivity contribution in [3.05, 3.63) is 28.5 Å². The number of hydrogen-bond acceptors (Lipinski definition) is 4. The predicted molar refractivity (Wildman–Crippen MR) is 65.2 cm³/mol. The van der Waals surface area contributed by atoms with E-state index in [-0.39, 0.29) is 19.1 Å². The Balaban J connectivity index is 2.23. The summed E-state index contributed by atoms with van der Waals surface area (Å²) in [5.74, 6) is -1.41. The number of hydrogen-bond donors (Lipinski definition) is 1. The molecule has 7 heteroatoms. The van der Waals surface area contributed by atoms with Gasteiger partial charge in [-0.25, -0.2) is 4.79 Å². The van der Waals surface area contributed by atoms with Crippen LogP contribution < -0.4 is 0 Å². The molecule has 2 rings (SSSR count). The number of morpholine rings is 1. The van der Waals surface area contributed by atoms with Crippen LogP contribution in [0.5, 0.6) is 0 Å². The molecule has 2 heterocycles. The minimum Gasteiger partial charge on any atom is -0.480 e. The van der Waals surface area contributed by atoms with Crippen LogP contribution in [0.4, 0.5) is 0 Å². The SMILES string of the molecule is O=C(O)[C@H]1COCCN1C(=O)c1cncc(Br)c1. The van der Waals surface area contributed by atoms with Gasteiger partial charge in [-0.15, -0.1) is 0 Å². The highest BCUT2D eigenvalue weighted by molar-refractivity contribution is 9.10. The second-order valence-electron chi connectivity index (χ2n) is 3.82. The average Bonchev–Trinajstić information content (AvgIpc) is 2.38. The second-order valence-corrected chi connectivity index (χ2v) is 4.74. The van der Waals surface area contributed by atoms with Crippen LogP contribution in [-0.2, 0) is 9.53 Å². The third-order valence-electron chi connectivity index (χ3n) is 2.63. The first-order valence-corrected chi connectivity index (χ1v) is 6.11. The van der Waals surface area contributed by atoms with Crippen LogP contribution in [0.25, 0.3) is 0 Å². The van der Waals surface area contributed by atoms with Gasteiger partial charge in [-0.2, -0.15) is 0 Å². The van der Waals surface area contributed by atoms with E-state index in [4.69, 9.17) is 9.84 Å². The Kier molecular flexibility index (Phi) is 3.93. The van der Waals surface area contributed by atoms with Gasteiger partial charge in [0, 0.05) is 23.4 Å². The van der Waals surface area contributed by atoms with Crippen LogP contribution in [-0.4, -0.2) is 52.7 Å². The molecule has 6 nitrogen and oxygen atoms in total. The summed E-state index contributed by atoms with van der Waals surface area (Å²) in [5.41, 5.74) is 0.359. The summed E-state index contributed by atoms with van der Waals surface area (Å²) in [6, 6.07) is 0.675. The maximum Gasteiger partial charge on any atom is 0.328 e. The van der Waals surface area contributed by atoms with E-state index in [1.807, 2.05) is 0 Å². The van der Waals surface area contributed by atoms with E-state index in [2.05, 4.69) is 20.9 Å². The number of aromatic nitrogens is 1. The van der Waals surface area contributed by atoms with Crippen LogP contribution in [0, 0.1) is 0 Å². The highest BCUT2D eigenvalue weighted by Crippen LogP contribution is 2.15. The fraction of sp³-hybridized carbons (Fsp3) is 0.364. The van der Waals surface area contributed by atoms with Gasteiger partial charge in [-0.1, -0.05) is 0 Å². The number of amides is 1. The molecule has 0 aromatic carbocycles. The smallest absolute Gasteiger partial charge is 0.328 e. The van der Waals surface area contributed by atoms with E-state index in [1.165, 1.54) is 11.1 Å². The molecule has 96 valence electrons. The van der Waals surface area contributed by atoms with Crippen molar-refractivity contribution in [1.82, 2.24) is 9.88 Å². The minimum absolute atomic E-state index is 0.0164.